The lowest BCUT2D eigenvalue weighted by Crippen LogP contribution is -2.52. The number of thiophene rings is 1. The summed E-state index contributed by atoms with van der Waals surface area (Å²) in [6, 6.07) is 5.49. The van der Waals surface area contributed by atoms with Crippen LogP contribution in [0.3, 0.4) is 0 Å². The van der Waals surface area contributed by atoms with Crippen molar-refractivity contribution in [1.29, 1.82) is 0 Å². The Morgan fingerprint density at radius 2 is 2.15 bits per heavy atom. The third kappa shape index (κ3) is 3.90. The molecule has 5 nitrogen and oxygen atoms in total. The van der Waals surface area contributed by atoms with Crippen molar-refractivity contribution in [1.82, 2.24) is 10.2 Å². The van der Waals surface area contributed by atoms with E-state index in [2.05, 4.69) is 10.6 Å². The first-order chi connectivity index (χ1) is 12.4. The molecule has 0 aliphatic carbocycles. The summed E-state index contributed by atoms with van der Waals surface area (Å²) in [4.78, 5) is 27.7. The van der Waals surface area contributed by atoms with E-state index in [1.807, 2.05) is 18.7 Å². The van der Waals surface area contributed by atoms with Crippen molar-refractivity contribution in [2.75, 3.05) is 25.0 Å². The molecular weight excluding hydrogens is 377 g/mol. The summed E-state index contributed by atoms with van der Waals surface area (Å²) in [5.41, 5.74) is 0.994. The minimum absolute atomic E-state index is 0.0261. The summed E-state index contributed by atoms with van der Waals surface area (Å²) < 4.78 is 13.1. The maximum absolute atomic E-state index is 13.1. The first-order valence-corrected chi connectivity index (χ1v) is 9.45. The van der Waals surface area contributed by atoms with Gasteiger partial charge in [-0.1, -0.05) is 11.6 Å². The smallest absolute Gasteiger partial charge is 0.264 e. The van der Waals surface area contributed by atoms with Crippen LogP contribution in [0.25, 0.3) is 0 Å². The van der Waals surface area contributed by atoms with Gasteiger partial charge in [-0.15, -0.1) is 11.3 Å². The SMILES string of the molecule is Cc1cc(NC(=O)c2ccc(F)cc2Cl)sc1C(=O)N1CCNC[C@H]1C. The molecule has 1 aliphatic heterocycles. The number of piperazine rings is 1. The molecule has 1 aliphatic rings. The van der Waals surface area contributed by atoms with Crippen molar-refractivity contribution in [3.8, 4) is 0 Å². The highest BCUT2D eigenvalue weighted by Gasteiger charge is 2.27. The molecule has 0 radical (unpaired) electrons. The summed E-state index contributed by atoms with van der Waals surface area (Å²) in [6.45, 7) is 6.05. The number of carbonyl (C=O) groups excluding carboxylic acids is 2. The van der Waals surface area contributed by atoms with Gasteiger partial charge in [0, 0.05) is 25.7 Å². The molecule has 2 amide bonds. The molecule has 0 unspecified atom stereocenters. The number of amides is 2. The van der Waals surface area contributed by atoms with Crippen molar-refractivity contribution in [2.45, 2.75) is 19.9 Å². The number of carbonyl (C=O) groups is 2. The topological polar surface area (TPSA) is 61.4 Å². The average molecular weight is 396 g/mol. The van der Waals surface area contributed by atoms with Gasteiger partial charge in [0.05, 0.1) is 20.5 Å². The number of nitrogens with one attached hydrogen (secondary N) is 2. The molecule has 3 rings (SSSR count). The Balaban J connectivity index is 1.77. The summed E-state index contributed by atoms with van der Waals surface area (Å²) in [5, 5.41) is 6.59. The van der Waals surface area contributed by atoms with Crippen LogP contribution in [0.15, 0.2) is 24.3 Å². The first-order valence-electron chi connectivity index (χ1n) is 8.25. The summed E-state index contributed by atoms with van der Waals surface area (Å²) in [7, 11) is 0. The van der Waals surface area contributed by atoms with E-state index in [0.29, 0.717) is 16.4 Å². The zero-order chi connectivity index (χ0) is 18.8. The lowest BCUT2D eigenvalue weighted by atomic mass is 10.2. The van der Waals surface area contributed by atoms with Crippen LogP contribution in [0.4, 0.5) is 9.39 Å². The number of aryl methyl sites for hydroxylation is 1. The quantitative estimate of drug-likeness (QED) is 0.835. The van der Waals surface area contributed by atoms with Crippen molar-refractivity contribution in [3.63, 3.8) is 0 Å². The second-order valence-electron chi connectivity index (χ2n) is 6.25. The van der Waals surface area contributed by atoms with E-state index in [1.165, 1.54) is 23.5 Å². The largest absolute Gasteiger partial charge is 0.333 e. The Morgan fingerprint density at radius 3 is 2.85 bits per heavy atom. The number of rotatable bonds is 3. The fourth-order valence-corrected chi connectivity index (χ4v) is 4.16. The molecule has 2 heterocycles. The number of benzene rings is 1. The van der Waals surface area contributed by atoms with Gasteiger partial charge >= 0.3 is 0 Å². The molecule has 0 spiro atoms. The molecule has 1 fully saturated rings. The Hall–Kier alpha value is -1.96. The third-order valence-electron chi connectivity index (χ3n) is 4.29. The highest BCUT2D eigenvalue weighted by Crippen LogP contribution is 2.29. The number of halogens is 2. The molecule has 1 aromatic carbocycles. The van der Waals surface area contributed by atoms with Crippen LogP contribution in [0.5, 0.6) is 0 Å². The van der Waals surface area contributed by atoms with E-state index in [1.54, 1.807) is 6.07 Å². The van der Waals surface area contributed by atoms with Crippen molar-refractivity contribution in [2.24, 2.45) is 0 Å². The van der Waals surface area contributed by atoms with Crippen LogP contribution in [0.1, 0.15) is 32.5 Å². The Morgan fingerprint density at radius 1 is 1.38 bits per heavy atom. The monoisotopic (exact) mass is 395 g/mol. The fourth-order valence-electron chi connectivity index (χ4n) is 2.88. The van der Waals surface area contributed by atoms with Gasteiger partial charge in [0.25, 0.3) is 11.8 Å². The van der Waals surface area contributed by atoms with E-state index in [-0.39, 0.29) is 22.5 Å². The van der Waals surface area contributed by atoms with Crippen molar-refractivity contribution >= 4 is 39.8 Å². The maximum atomic E-state index is 13.1. The number of hydrogen-bond acceptors (Lipinski definition) is 4. The van der Waals surface area contributed by atoms with Gasteiger partial charge in [-0.3, -0.25) is 9.59 Å². The molecule has 2 aromatic rings. The Bertz CT molecular complexity index is 855. The van der Waals surface area contributed by atoms with Crippen LogP contribution in [-0.4, -0.2) is 42.4 Å². The lowest BCUT2D eigenvalue weighted by molar-refractivity contribution is 0.0660. The minimum Gasteiger partial charge on any atom is -0.333 e. The van der Waals surface area contributed by atoms with Crippen LogP contribution in [0, 0.1) is 12.7 Å². The zero-order valence-electron chi connectivity index (χ0n) is 14.4. The Labute approximate surface area is 160 Å². The lowest BCUT2D eigenvalue weighted by Gasteiger charge is -2.33. The maximum Gasteiger partial charge on any atom is 0.264 e. The molecule has 1 atom stereocenters. The summed E-state index contributed by atoms with van der Waals surface area (Å²) >= 11 is 7.17. The zero-order valence-corrected chi connectivity index (χ0v) is 16.0. The second kappa shape index (κ2) is 7.73. The van der Waals surface area contributed by atoms with Crippen molar-refractivity contribution in [3.05, 3.63) is 51.1 Å². The third-order valence-corrected chi connectivity index (χ3v) is 5.74. The van der Waals surface area contributed by atoms with E-state index in [9.17, 15) is 14.0 Å². The normalized spacial score (nSPS) is 17.2. The van der Waals surface area contributed by atoms with Crippen LogP contribution in [-0.2, 0) is 0 Å². The minimum atomic E-state index is -0.503. The molecule has 1 saturated heterocycles. The predicted molar refractivity (Wildman–Crippen MR) is 102 cm³/mol. The van der Waals surface area contributed by atoms with E-state index in [0.717, 1.165) is 24.7 Å². The molecule has 1 aromatic heterocycles. The fraction of sp³-hybridized carbons (Fsp3) is 0.333. The number of anilines is 1. The molecule has 26 heavy (non-hydrogen) atoms. The van der Waals surface area contributed by atoms with Crippen molar-refractivity contribution < 1.29 is 14.0 Å². The van der Waals surface area contributed by atoms with Gasteiger partial charge in [-0.2, -0.15) is 0 Å². The first kappa shape index (κ1) is 18.8. The Kier molecular flexibility index (Phi) is 5.60. The van der Waals surface area contributed by atoms with Gasteiger partial charge < -0.3 is 15.5 Å². The van der Waals surface area contributed by atoms with E-state index in [4.69, 9.17) is 11.6 Å². The highest BCUT2D eigenvalue weighted by atomic mass is 35.5. The average Bonchev–Trinajstić information content (AvgIpc) is 2.94. The molecule has 0 bridgehead atoms. The van der Waals surface area contributed by atoms with Crippen LogP contribution < -0.4 is 10.6 Å². The number of nitrogens with zero attached hydrogens (tertiary/aromatic N) is 1. The second-order valence-corrected chi connectivity index (χ2v) is 7.71. The molecule has 138 valence electrons. The molecule has 2 N–H and O–H groups in total. The summed E-state index contributed by atoms with van der Waals surface area (Å²) in [6.07, 6.45) is 0. The van der Waals surface area contributed by atoms with Gasteiger partial charge in [0.15, 0.2) is 0 Å². The molecular formula is C18H19ClFN3O2S. The highest BCUT2D eigenvalue weighted by molar-refractivity contribution is 7.18. The number of hydrogen-bond donors (Lipinski definition) is 2. The van der Waals surface area contributed by atoms with Gasteiger partial charge in [0.2, 0.25) is 0 Å². The van der Waals surface area contributed by atoms with Gasteiger partial charge in [-0.05, 0) is 43.7 Å². The molecule has 8 heteroatoms. The van der Waals surface area contributed by atoms with E-state index < -0.39 is 11.7 Å². The van der Waals surface area contributed by atoms with Crippen LogP contribution in [0.2, 0.25) is 5.02 Å². The van der Waals surface area contributed by atoms with Gasteiger partial charge in [-0.25, -0.2) is 4.39 Å². The summed E-state index contributed by atoms with van der Waals surface area (Å²) in [5.74, 6) is -0.968. The molecule has 0 saturated carbocycles. The van der Waals surface area contributed by atoms with Gasteiger partial charge in [0.1, 0.15) is 5.82 Å². The van der Waals surface area contributed by atoms with E-state index >= 15 is 0 Å². The van der Waals surface area contributed by atoms with Crippen LogP contribution >= 0.6 is 22.9 Å². The standard InChI is InChI=1S/C18H19ClFN3O2S/c1-10-7-15(22-17(24)13-4-3-12(20)8-14(13)19)26-16(10)18(25)23-6-5-21-9-11(23)2/h3-4,7-8,11,21H,5-6,9H2,1-2H3,(H,22,24)/t11-/m1/s1. The predicted octanol–water partition coefficient (Wildman–Crippen LogP) is 3.54.